The second-order valence-corrected chi connectivity index (χ2v) is 4.58. The van der Waals surface area contributed by atoms with E-state index in [2.05, 4.69) is 0 Å². The largest absolute Gasteiger partial charge is 0.484 e. The van der Waals surface area contributed by atoms with E-state index in [0.717, 1.165) is 16.9 Å². The van der Waals surface area contributed by atoms with Gasteiger partial charge in [0.05, 0.1) is 0 Å². The molecule has 0 saturated heterocycles. The third-order valence-corrected chi connectivity index (χ3v) is 3.14. The van der Waals surface area contributed by atoms with Gasteiger partial charge in [0, 0.05) is 12.1 Å². The average molecular weight is 259 g/mol. The highest BCUT2D eigenvalue weighted by atomic mass is 19.1. The first-order valence-electron chi connectivity index (χ1n) is 6.31. The van der Waals surface area contributed by atoms with E-state index in [-0.39, 0.29) is 12.4 Å². The Morgan fingerprint density at radius 3 is 2.26 bits per heavy atom. The first kappa shape index (κ1) is 13.6. The van der Waals surface area contributed by atoms with Crippen molar-refractivity contribution in [2.75, 3.05) is 6.54 Å². The van der Waals surface area contributed by atoms with Crippen molar-refractivity contribution in [3.8, 4) is 5.75 Å². The summed E-state index contributed by atoms with van der Waals surface area (Å²) in [5.74, 6) is 0.491. The highest BCUT2D eigenvalue weighted by Crippen LogP contribution is 2.28. The maximum absolute atomic E-state index is 13.8. The van der Waals surface area contributed by atoms with Crippen molar-refractivity contribution in [1.82, 2.24) is 0 Å². The maximum atomic E-state index is 13.8. The third-order valence-electron chi connectivity index (χ3n) is 3.14. The molecule has 0 aliphatic heterocycles. The first-order chi connectivity index (χ1) is 9.13. The molecule has 3 heteroatoms. The highest BCUT2D eigenvalue weighted by Gasteiger charge is 2.17. The van der Waals surface area contributed by atoms with Crippen molar-refractivity contribution in [3.05, 3.63) is 65.0 Å². The Labute approximate surface area is 113 Å². The Hall–Kier alpha value is -1.87. The van der Waals surface area contributed by atoms with Gasteiger partial charge in [-0.15, -0.1) is 0 Å². The number of hydrogen-bond acceptors (Lipinski definition) is 2. The topological polar surface area (TPSA) is 35.2 Å². The fourth-order valence-electron chi connectivity index (χ4n) is 2.10. The van der Waals surface area contributed by atoms with Crippen LogP contribution in [0.15, 0.2) is 42.5 Å². The maximum Gasteiger partial charge on any atom is 0.139 e. The highest BCUT2D eigenvalue weighted by molar-refractivity contribution is 5.40. The molecule has 0 amide bonds. The van der Waals surface area contributed by atoms with Crippen molar-refractivity contribution in [2.24, 2.45) is 5.73 Å². The van der Waals surface area contributed by atoms with Crippen LogP contribution in [0, 0.1) is 19.7 Å². The number of halogens is 1. The van der Waals surface area contributed by atoms with Crippen molar-refractivity contribution >= 4 is 0 Å². The minimum absolute atomic E-state index is 0.231. The van der Waals surface area contributed by atoms with Crippen LogP contribution < -0.4 is 10.5 Å². The van der Waals surface area contributed by atoms with Gasteiger partial charge in [-0.2, -0.15) is 0 Å². The molecule has 0 spiro atoms. The molecule has 0 aliphatic carbocycles. The summed E-state index contributed by atoms with van der Waals surface area (Å²) in [6.45, 7) is 4.17. The smallest absolute Gasteiger partial charge is 0.139 e. The lowest BCUT2D eigenvalue weighted by Crippen LogP contribution is -2.20. The number of rotatable bonds is 4. The molecule has 1 atom stereocenters. The molecule has 2 aromatic rings. The summed E-state index contributed by atoms with van der Waals surface area (Å²) in [5.41, 5.74) is 8.27. The Bertz CT molecular complexity index is 548. The van der Waals surface area contributed by atoms with Crippen LogP contribution in [0.3, 0.4) is 0 Å². The van der Waals surface area contributed by atoms with E-state index in [1.54, 1.807) is 18.2 Å². The van der Waals surface area contributed by atoms with Crippen LogP contribution in [0.2, 0.25) is 0 Å². The molecule has 2 N–H and O–H groups in total. The Kier molecular flexibility index (Phi) is 4.17. The normalized spacial score (nSPS) is 12.2. The summed E-state index contributed by atoms with van der Waals surface area (Å²) in [5, 5.41) is 0. The zero-order valence-corrected chi connectivity index (χ0v) is 11.2. The van der Waals surface area contributed by atoms with E-state index in [9.17, 15) is 4.39 Å². The summed E-state index contributed by atoms with van der Waals surface area (Å²) in [4.78, 5) is 0. The predicted octanol–water partition coefficient (Wildman–Crippen LogP) is 3.52. The standard InChI is InChI=1S/C16H18FNO/c1-11-6-5-7-12(2)16(11)19-15(10-18)13-8-3-4-9-14(13)17/h3-9,15H,10,18H2,1-2H3. The zero-order chi connectivity index (χ0) is 13.8. The van der Waals surface area contributed by atoms with Gasteiger partial charge in [0.1, 0.15) is 17.7 Å². The van der Waals surface area contributed by atoms with Gasteiger partial charge in [-0.25, -0.2) is 4.39 Å². The molecule has 2 nitrogen and oxygen atoms in total. The SMILES string of the molecule is Cc1cccc(C)c1OC(CN)c1ccccc1F. The van der Waals surface area contributed by atoms with E-state index < -0.39 is 6.10 Å². The Balaban J connectivity index is 2.32. The van der Waals surface area contributed by atoms with Crippen molar-refractivity contribution in [2.45, 2.75) is 20.0 Å². The summed E-state index contributed by atoms with van der Waals surface area (Å²) >= 11 is 0. The Morgan fingerprint density at radius 1 is 1.05 bits per heavy atom. The van der Waals surface area contributed by atoms with Gasteiger partial charge in [0.15, 0.2) is 0 Å². The molecule has 0 heterocycles. The summed E-state index contributed by atoms with van der Waals surface area (Å²) in [6.07, 6.45) is -0.471. The number of benzene rings is 2. The van der Waals surface area contributed by atoms with Crippen molar-refractivity contribution < 1.29 is 9.13 Å². The molecule has 2 rings (SSSR count). The number of ether oxygens (including phenoxy) is 1. The van der Waals surface area contributed by atoms with Gasteiger partial charge in [0.2, 0.25) is 0 Å². The van der Waals surface area contributed by atoms with Crippen molar-refractivity contribution in [3.63, 3.8) is 0 Å². The summed E-state index contributed by atoms with van der Waals surface area (Å²) < 4.78 is 19.7. The van der Waals surface area contributed by atoms with Gasteiger partial charge in [-0.3, -0.25) is 0 Å². The lowest BCUT2D eigenvalue weighted by molar-refractivity contribution is 0.206. The monoisotopic (exact) mass is 259 g/mol. The van der Waals surface area contributed by atoms with Gasteiger partial charge in [-0.1, -0.05) is 36.4 Å². The summed E-state index contributed by atoms with van der Waals surface area (Å²) in [7, 11) is 0. The third kappa shape index (κ3) is 2.93. The van der Waals surface area contributed by atoms with E-state index in [1.165, 1.54) is 6.07 Å². The Morgan fingerprint density at radius 2 is 1.68 bits per heavy atom. The second-order valence-electron chi connectivity index (χ2n) is 4.58. The van der Waals surface area contributed by atoms with Gasteiger partial charge >= 0.3 is 0 Å². The fourth-order valence-corrected chi connectivity index (χ4v) is 2.10. The quantitative estimate of drug-likeness (QED) is 0.911. The average Bonchev–Trinajstić information content (AvgIpc) is 2.40. The molecule has 0 saturated carbocycles. The minimum atomic E-state index is -0.471. The van der Waals surface area contributed by atoms with Crippen LogP contribution >= 0.6 is 0 Å². The molecular formula is C16H18FNO. The van der Waals surface area contributed by atoms with Crippen LogP contribution in [-0.4, -0.2) is 6.54 Å². The van der Waals surface area contributed by atoms with Crippen LogP contribution in [0.5, 0.6) is 5.75 Å². The zero-order valence-electron chi connectivity index (χ0n) is 11.2. The second kappa shape index (κ2) is 5.85. The molecule has 0 fully saturated rings. The van der Waals surface area contributed by atoms with E-state index in [1.807, 2.05) is 32.0 Å². The molecule has 1 unspecified atom stereocenters. The van der Waals surface area contributed by atoms with Gasteiger partial charge in [-0.05, 0) is 31.0 Å². The van der Waals surface area contributed by atoms with Crippen molar-refractivity contribution in [1.29, 1.82) is 0 Å². The molecule has 0 aromatic heterocycles. The lowest BCUT2D eigenvalue weighted by atomic mass is 10.1. The van der Waals surface area contributed by atoms with Gasteiger partial charge < -0.3 is 10.5 Å². The minimum Gasteiger partial charge on any atom is -0.484 e. The predicted molar refractivity (Wildman–Crippen MR) is 74.7 cm³/mol. The van der Waals surface area contributed by atoms with Crippen LogP contribution in [0.1, 0.15) is 22.8 Å². The molecular weight excluding hydrogens is 241 g/mol. The molecule has 2 aromatic carbocycles. The number of aryl methyl sites for hydroxylation is 2. The molecule has 0 bridgehead atoms. The molecule has 0 radical (unpaired) electrons. The van der Waals surface area contributed by atoms with Gasteiger partial charge in [0.25, 0.3) is 0 Å². The van der Waals surface area contributed by atoms with E-state index in [0.29, 0.717) is 5.56 Å². The molecule has 0 aliphatic rings. The van der Waals surface area contributed by atoms with Crippen LogP contribution in [0.25, 0.3) is 0 Å². The van der Waals surface area contributed by atoms with Crippen LogP contribution in [0.4, 0.5) is 4.39 Å². The number of nitrogens with two attached hydrogens (primary N) is 1. The molecule has 19 heavy (non-hydrogen) atoms. The lowest BCUT2D eigenvalue weighted by Gasteiger charge is -2.21. The first-order valence-corrected chi connectivity index (χ1v) is 6.31. The fraction of sp³-hybridized carbons (Fsp3) is 0.250. The number of hydrogen-bond donors (Lipinski definition) is 1. The molecule has 100 valence electrons. The summed E-state index contributed by atoms with van der Waals surface area (Å²) in [6, 6.07) is 12.5. The van der Waals surface area contributed by atoms with E-state index in [4.69, 9.17) is 10.5 Å². The van der Waals surface area contributed by atoms with E-state index >= 15 is 0 Å². The number of para-hydroxylation sites is 1. The van der Waals surface area contributed by atoms with Crippen LogP contribution in [-0.2, 0) is 0 Å².